The number of amides is 1. The van der Waals surface area contributed by atoms with Crippen LogP contribution < -0.4 is 11.1 Å². The van der Waals surface area contributed by atoms with Crippen LogP contribution in [0.2, 0.25) is 0 Å². The number of carboxylic acid groups (broad SMARTS) is 1. The van der Waals surface area contributed by atoms with Gasteiger partial charge in [-0.15, -0.1) is 0 Å². The van der Waals surface area contributed by atoms with Crippen LogP contribution >= 0.6 is 0 Å². The van der Waals surface area contributed by atoms with Gasteiger partial charge in [-0.05, 0) is 19.1 Å². The number of benzene rings is 1. The molecule has 0 aromatic heterocycles. The van der Waals surface area contributed by atoms with Gasteiger partial charge in [0.2, 0.25) is 0 Å². The predicted octanol–water partition coefficient (Wildman–Crippen LogP) is -0.247. The minimum Gasteiger partial charge on any atom is -0.479 e. The van der Waals surface area contributed by atoms with Gasteiger partial charge in [0.1, 0.15) is 0 Å². The first kappa shape index (κ1) is 13.0. The average molecular weight is 238 g/mol. The molecule has 1 amide bonds. The monoisotopic (exact) mass is 238 g/mol. The van der Waals surface area contributed by atoms with E-state index in [1.54, 1.807) is 18.2 Å². The summed E-state index contributed by atoms with van der Waals surface area (Å²) in [5, 5.41) is 19.7. The number of nitrogens with two attached hydrogens (primary N) is 1. The van der Waals surface area contributed by atoms with Gasteiger partial charge in [0.25, 0.3) is 5.91 Å². The van der Waals surface area contributed by atoms with Gasteiger partial charge in [-0.25, -0.2) is 4.79 Å². The van der Waals surface area contributed by atoms with Gasteiger partial charge in [0, 0.05) is 5.69 Å². The van der Waals surface area contributed by atoms with Crippen LogP contribution in [0.25, 0.3) is 0 Å². The number of anilines is 1. The van der Waals surface area contributed by atoms with E-state index < -0.39 is 18.0 Å². The number of hydrogen-bond donors (Lipinski definition) is 4. The third-order valence-corrected chi connectivity index (χ3v) is 2.19. The number of nitrogens with one attached hydrogen (secondary N) is 1. The molecule has 0 saturated carbocycles. The number of carboxylic acids is 1. The zero-order valence-electron chi connectivity index (χ0n) is 9.30. The molecule has 1 unspecified atom stereocenters. The molecule has 6 heteroatoms. The first-order valence-electron chi connectivity index (χ1n) is 4.97. The first-order valence-corrected chi connectivity index (χ1v) is 4.97. The fourth-order valence-electron chi connectivity index (χ4n) is 1.24. The second-order valence-corrected chi connectivity index (χ2v) is 3.65. The van der Waals surface area contributed by atoms with E-state index in [4.69, 9.17) is 15.9 Å². The van der Waals surface area contributed by atoms with E-state index in [-0.39, 0.29) is 12.1 Å². The molecule has 0 aliphatic carbocycles. The quantitative estimate of drug-likeness (QED) is 0.540. The summed E-state index contributed by atoms with van der Waals surface area (Å²) < 4.78 is 0. The van der Waals surface area contributed by atoms with Crippen LogP contribution in [0.5, 0.6) is 0 Å². The van der Waals surface area contributed by atoms with Crippen molar-refractivity contribution in [3.63, 3.8) is 0 Å². The number of carbonyl (C=O) groups is 2. The molecule has 0 saturated heterocycles. The lowest BCUT2D eigenvalue weighted by Crippen LogP contribution is -2.36. The number of nitrogen functional groups attached to an aromatic ring is 1. The van der Waals surface area contributed by atoms with E-state index in [2.05, 4.69) is 5.32 Å². The summed E-state index contributed by atoms with van der Waals surface area (Å²) in [7, 11) is 0. The number of hydrogen-bond acceptors (Lipinski definition) is 4. The Balaban J connectivity index is 2.70. The molecule has 0 heterocycles. The summed E-state index contributed by atoms with van der Waals surface area (Å²) in [5.41, 5.74) is 7.05. The van der Waals surface area contributed by atoms with E-state index in [0.29, 0.717) is 5.69 Å². The third kappa shape index (κ3) is 3.46. The Morgan fingerprint density at radius 3 is 2.71 bits per heavy atom. The highest BCUT2D eigenvalue weighted by molar-refractivity contribution is 5.99. The number of carbonyl (C=O) groups excluding carboxylic acids is 1. The van der Waals surface area contributed by atoms with Crippen LogP contribution in [0.4, 0.5) is 5.69 Å². The van der Waals surface area contributed by atoms with Crippen LogP contribution in [-0.2, 0) is 4.79 Å². The van der Waals surface area contributed by atoms with E-state index in [1.165, 1.54) is 0 Å². The lowest BCUT2D eigenvalue weighted by Gasteiger charge is -2.09. The normalized spacial score (nSPS) is 11.9. The van der Waals surface area contributed by atoms with Crippen molar-refractivity contribution in [2.45, 2.75) is 13.0 Å². The molecule has 17 heavy (non-hydrogen) atoms. The Hall–Kier alpha value is -2.08. The van der Waals surface area contributed by atoms with Gasteiger partial charge in [-0.2, -0.15) is 0 Å². The predicted molar refractivity (Wildman–Crippen MR) is 61.6 cm³/mol. The molecule has 1 rings (SSSR count). The highest BCUT2D eigenvalue weighted by Gasteiger charge is 2.16. The van der Waals surface area contributed by atoms with Crippen LogP contribution in [-0.4, -0.2) is 34.7 Å². The van der Waals surface area contributed by atoms with Crippen molar-refractivity contribution in [3.8, 4) is 0 Å². The standard InChI is InChI=1S/C11H14N2O4/c1-6-2-3-8(12)7(4-6)10(15)13-5-9(14)11(16)17/h2-4,9,14H,5,12H2,1H3,(H,13,15)(H,16,17). The topological polar surface area (TPSA) is 113 Å². The molecule has 0 aliphatic rings. The molecule has 0 fully saturated rings. The maximum Gasteiger partial charge on any atom is 0.334 e. The number of aryl methyl sites for hydroxylation is 1. The second-order valence-electron chi connectivity index (χ2n) is 3.65. The van der Waals surface area contributed by atoms with Gasteiger partial charge >= 0.3 is 5.97 Å². The maximum atomic E-state index is 11.6. The minimum atomic E-state index is -1.62. The lowest BCUT2D eigenvalue weighted by atomic mass is 10.1. The molecule has 0 bridgehead atoms. The fourth-order valence-corrected chi connectivity index (χ4v) is 1.24. The Kier molecular flexibility index (Phi) is 4.06. The number of rotatable bonds is 4. The maximum absolute atomic E-state index is 11.6. The Labute approximate surface area is 98.1 Å². The fraction of sp³-hybridized carbons (Fsp3) is 0.273. The van der Waals surface area contributed by atoms with Gasteiger partial charge in [-0.3, -0.25) is 4.79 Å². The van der Waals surface area contributed by atoms with Crippen LogP contribution in [0.3, 0.4) is 0 Å². The second kappa shape index (κ2) is 5.31. The zero-order chi connectivity index (χ0) is 13.0. The van der Waals surface area contributed by atoms with Crippen molar-refractivity contribution in [1.29, 1.82) is 0 Å². The molecule has 0 aliphatic heterocycles. The van der Waals surface area contributed by atoms with Crippen molar-refractivity contribution in [2.24, 2.45) is 0 Å². The van der Waals surface area contributed by atoms with Gasteiger partial charge in [-0.1, -0.05) is 11.6 Å². The highest BCUT2D eigenvalue weighted by Crippen LogP contribution is 2.13. The van der Waals surface area contributed by atoms with Crippen molar-refractivity contribution >= 4 is 17.6 Å². The van der Waals surface area contributed by atoms with Crippen molar-refractivity contribution in [3.05, 3.63) is 29.3 Å². The SMILES string of the molecule is Cc1ccc(N)c(C(=O)NCC(O)C(=O)O)c1. The van der Waals surface area contributed by atoms with Crippen LogP contribution in [0.15, 0.2) is 18.2 Å². The van der Waals surface area contributed by atoms with Crippen molar-refractivity contribution in [1.82, 2.24) is 5.32 Å². The van der Waals surface area contributed by atoms with Gasteiger partial charge in [0.05, 0.1) is 12.1 Å². The van der Waals surface area contributed by atoms with Crippen molar-refractivity contribution in [2.75, 3.05) is 12.3 Å². The Morgan fingerprint density at radius 2 is 2.12 bits per heavy atom. The molecule has 6 nitrogen and oxygen atoms in total. The minimum absolute atomic E-state index is 0.266. The smallest absolute Gasteiger partial charge is 0.334 e. The van der Waals surface area contributed by atoms with E-state index in [0.717, 1.165) is 5.56 Å². The summed E-state index contributed by atoms with van der Waals surface area (Å²) in [6.45, 7) is 1.45. The molecule has 1 atom stereocenters. The van der Waals surface area contributed by atoms with Crippen molar-refractivity contribution < 1.29 is 19.8 Å². The molecular weight excluding hydrogens is 224 g/mol. The lowest BCUT2D eigenvalue weighted by molar-refractivity contribution is -0.146. The molecule has 92 valence electrons. The Morgan fingerprint density at radius 1 is 1.47 bits per heavy atom. The number of aliphatic carboxylic acids is 1. The summed E-state index contributed by atoms with van der Waals surface area (Å²) >= 11 is 0. The van der Waals surface area contributed by atoms with Gasteiger partial charge in [0.15, 0.2) is 6.10 Å². The summed E-state index contributed by atoms with van der Waals surface area (Å²) in [5.74, 6) is -1.89. The zero-order valence-corrected chi connectivity index (χ0v) is 9.30. The number of aliphatic hydroxyl groups excluding tert-OH is 1. The summed E-state index contributed by atoms with van der Waals surface area (Å²) in [6.07, 6.45) is -1.62. The third-order valence-electron chi connectivity index (χ3n) is 2.19. The molecule has 0 radical (unpaired) electrons. The van der Waals surface area contributed by atoms with E-state index in [9.17, 15) is 9.59 Å². The highest BCUT2D eigenvalue weighted by atomic mass is 16.4. The number of aliphatic hydroxyl groups is 1. The summed E-state index contributed by atoms with van der Waals surface area (Å²) in [4.78, 5) is 22.0. The van der Waals surface area contributed by atoms with E-state index in [1.807, 2.05) is 6.92 Å². The molecule has 1 aromatic rings. The van der Waals surface area contributed by atoms with E-state index >= 15 is 0 Å². The molecule has 1 aromatic carbocycles. The average Bonchev–Trinajstić information content (AvgIpc) is 2.28. The first-order chi connectivity index (χ1) is 7.91. The summed E-state index contributed by atoms with van der Waals surface area (Å²) in [6, 6.07) is 4.95. The Bertz CT molecular complexity index is 445. The largest absolute Gasteiger partial charge is 0.479 e. The van der Waals surface area contributed by atoms with Gasteiger partial charge < -0.3 is 21.3 Å². The van der Waals surface area contributed by atoms with Crippen LogP contribution in [0.1, 0.15) is 15.9 Å². The molecule has 5 N–H and O–H groups in total. The molecule has 0 spiro atoms. The molecular formula is C11H14N2O4. The van der Waals surface area contributed by atoms with Crippen LogP contribution in [0, 0.1) is 6.92 Å².